The lowest BCUT2D eigenvalue weighted by atomic mass is 10.1. The van der Waals surface area contributed by atoms with Gasteiger partial charge >= 0.3 is 0 Å². The SMILES string of the molecule is CC(C)CCn1c(SCC(=O)Nc2cc(Cl)ccc2F)nc2ccccc2c1=O. The van der Waals surface area contributed by atoms with Gasteiger partial charge in [0, 0.05) is 11.6 Å². The van der Waals surface area contributed by atoms with Gasteiger partial charge in [-0.15, -0.1) is 0 Å². The Hall–Kier alpha value is -2.38. The van der Waals surface area contributed by atoms with Crippen LogP contribution in [0.5, 0.6) is 0 Å². The van der Waals surface area contributed by atoms with Gasteiger partial charge in [-0.25, -0.2) is 9.37 Å². The molecule has 1 amide bonds. The topological polar surface area (TPSA) is 64.0 Å². The van der Waals surface area contributed by atoms with Crippen molar-refractivity contribution in [2.75, 3.05) is 11.1 Å². The van der Waals surface area contributed by atoms with Crippen LogP contribution in [-0.2, 0) is 11.3 Å². The van der Waals surface area contributed by atoms with E-state index in [4.69, 9.17) is 11.6 Å². The number of amides is 1. The Morgan fingerprint density at radius 3 is 2.79 bits per heavy atom. The predicted octanol–water partition coefficient (Wildman–Crippen LogP) is 4.97. The van der Waals surface area contributed by atoms with Crippen LogP contribution in [0.25, 0.3) is 10.9 Å². The molecule has 1 N–H and O–H groups in total. The van der Waals surface area contributed by atoms with Crippen molar-refractivity contribution in [1.82, 2.24) is 9.55 Å². The summed E-state index contributed by atoms with van der Waals surface area (Å²) in [4.78, 5) is 29.8. The molecule has 1 heterocycles. The lowest BCUT2D eigenvalue weighted by molar-refractivity contribution is -0.113. The molecule has 8 heteroatoms. The first kappa shape index (κ1) is 21.3. The highest BCUT2D eigenvalue weighted by Gasteiger charge is 2.14. The summed E-state index contributed by atoms with van der Waals surface area (Å²) in [6.07, 6.45) is 0.813. The molecule has 0 atom stereocenters. The van der Waals surface area contributed by atoms with E-state index in [1.165, 1.54) is 18.2 Å². The smallest absolute Gasteiger partial charge is 0.262 e. The molecule has 3 rings (SSSR count). The lowest BCUT2D eigenvalue weighted by Crippen LogP contribution is -2.25. The predicted molar refractivity (Wildman–Crippen MR) is 116 cm³/mol. The van der Waals surface area contributed by atoms with Crippen LogP contribution in [0.3, 0.4) is 0 Å². The normalized spacial score (nSPS) is 11.2. The molecule has 0 fully saturated rings. The zero-order valence-electron chi connectivity index (χ0n) is 16.1. The van der Waals surface area contributed by atoms with Crippen LogP contribution in [0.1, 0.15) is 20.3 Å². The molecule has 0 aliphatic rings. The van der Waals surface area contributed by atoms with Gasteiger partial charge in [0.15, 0.2) is 5.16 Å². The van der Waals surface area contributed by atoms with Crippen molar-refractivity contribution in [3.05, 3.63) is 63.7 Å². The van der Waals surface area contributed by atoms with Crippen LogP contribution in [0.15, 0.2) is 52.4 Å². The van der Waals surface area contributed by atoms with E-state index >= 15 is 0 Å². The standard InChI is InChI=1S/C21H21ClFN3O2S/c1-13(2)9-10-26-20(28)15-5-3-4-6-17(15)25-21(26)29-12-19(27)24-18-11-14(22)7-8-16(18)23/h3-8,11,13H,9-10,12H2,1-2H3,(H,24,27). The van der Waals surface area contributed by atoms with E-state index in [-0.39, 0.29) is 17.0 Å². The highest BCUT2D eigenvalue weighted by molar-refractivity contribution is 7.99. The molecule has 1 aromatic heterocycles. The Bertz CT molecular complexity index is 1100. The third-order valence-electron chi connectivity index (χ3n) is 4.29. The molecule has 3 aromatic rings. The molecule has 0 saturated carbocycles. The summed E-state index contributed by atoms with van der Waals surface area (Å²) in [6.45, 7) is 4.68. The van der Waals surface area contributed by atoms with Crippen LogP contribution in [0.2, 0.25) is 5.02 Å². The van der Waals surface area contributed by atoms with Gasteiger partial charge in [-0.1, -0.05) is 49.3 Å². The molecule has 0 spiro atoms. The van der Waals surface area contributed by atoms with Gasteiger partial charge < -0.3 is 5.32 Å². The maximum atomic E-state index is 13.8. The van der Waals surface area contributed by atoms with Crippen molar-refractivity contribution in [2.45, 2.75) is 32.0 Å². The number of thioether (sulfide) groups is 1. The number of halogens is 2. The number of aromatic nitrogens is 2. The first-order chi connectivity index (χ1) is 13.8. The maximum absolute atomic E-state index is 13.8. The van der Waals surface area contributed by atoms with Gasteiger partial charge in [0.1, 0.15) is 5.82 Å². The monoisotopic (exact) mass is 433 g/mol. The Balaban J connectivity index is 1.82. The van der Waals surface area contributed by atoms with E-state index in [0.29, 0.717) is 33.5 Å². The molecule has 5 nitrogen and oxygen atoms in total. The first-order valence-corrected chi connectivity index (χ1v) is 10.6. The van der Waals surface area contributed by atoms with Crippen LogP contribution >= 0.6 is 23.4 Å². The van der Waals surface area contributed by atoms with Crippen molar-refractivity contribution in [2.24, 2.45) is 5.92 Å². The molecule has 152 valence electrons. The van der Waals surface area contributed by atoms with E-state index in [1.54, 1.807) is 22.8 Å². The van der Waals surface area contributed by atoms with Gasteiger partial charge in [-0.2, -0.15) is 0 Å². The number of hydrogen-bond donors (Lipinski definition) is 1. The number of carbonyl (C=O) groups excluding carboxylic acids is 1. The summed E-state index contributed by atoms with van der Waals surface area (Å²) in [5, 5.41) is 3.85. The molecule has 0 radical (unpaired) electrons. The van der Waals surface area contributed by atoms with Gasteiger partial charge in [-0.3, -0.25) is 14.2 Å². The van der Waals surface area contributed by atoms with Crippen LogP contribution < -0.4 is 10.9 Å². The summed E-state index contributed by atoms with van der Waals surface area (Å²) in [7, 11) is 0. The van der Waals surface area contributed by atoms with E-state index < -0.39 is 11.7 Å². The quantitative estimate of drug-likeness (QED) is 0.422. The summed E-state index contributed by atoms with van der Waals surface area (Å²) in [6, 6.07) is 11.1. The van der Waals surface area contributed by atoms with Crippen molar-refractivity contribution in [1.29, 1.82) is 0 Å². The van der Waals surface area contributed by atoms with E-state index in [1.807, 2.05) is 6.07 Å². The molecule has 0 unspecified atom stereocenters. The molecular formula is C21H21ClFN3O2S. The van der Waals surface area contributed by atoms with Crippen LogP contribution in [-0.4, -0.2) is 21.2 Å². The Morgan fingerprint density at radius 1 is 1.28 bits per heavy atom. The number of anilines is 1. The van der Waals surface area contributed by atoms with Crippen molar-refractivity contribution in [3.8, 4) is 0 Å². The summed E-state index contributed by atoms with van der Waals surface area (Å²) in [5.74, 6) is -0.571. The molecule has 0 aliphatic heterocycles. The summed E-state index contributed by atoms with van der Waals surface area (Å²) in [5.41, 5.74) is 0.480. The number of rotatable bonds is 7. The Kier molecular flexibility index (Phi) is 6.92. The van der Waals surface area contributed by atoms with Gasteiger partial charge in [0.05, 0.1) is 22.3 Å². The second-order valence-corrected chi connectivity index (χ2v) is 8.39. The minimum Gasteiger partial charge on any atom is -0.323 e. The number of fused-ring (bicyclic) bond motifs is 1. The van der Waals surface area contributed by atoms with Crippen LogP contribution in [0.4, 0.5) is 10.1 Å². The number of carbonyl (C=O) groups is 1. The van der Waals surface area contributed by atoms with Crippen molar-refractivity contribution in [3.63, 3.8) is 0 Å². The average Bonchev–Trinajstić information content (AvgIpc) is 2.68. The second kappa shape index (κ2) is 9.41. The zero-order valence-corrected chi connectivity index (χ0v) is 17.7. The fourth-order valence-corrected chi connectivity index (χ4v) is 3.75. The van der Waals surface area contributed by atoms with E-state index in [9.17, 15) is 14.0 Å². The third-order valence-corrected chi connectivity index (χ3v) is 5.50. The number of para-hydroxylation sites is 1. The van der Waals surface area contributed by atoms with E-state index in [0.717, 1.165) is 18.2 Å². The minimum absolute atomic E-state index is 0.0155. The fraction of sp³-hybridized carbons (Fsp3) is 0.286. The second-order valence-electron chi connectivity index (χ2n) is 7.01. The molecule has 2 aromatic carbocycles. The van der Waals surface area contributed by atoms with Gasteiger partial charge in [-0.05, 0) is 42.7 Å². The summed E-state index contributed by atoms with van der Waals surface area (Å²) >= 11 is 7.01. The third kappa shape index (κ3) is 5.36. The van der Waals surface area contributed by atoms with Crippen molar-refractivity contribution >= 4 is 45.9 Å². The van der Waals surface area contributed by atoms with Crippen LogP contribution in [0, 0.1) is 11.7 Å². The molecular weight excluding hydrogens is 413 g/mol. The number of hydrogen-bond acceptors (Lipinski definition) is 4. The molecule has 0 bridgehead atoms. The molecule has 29 heavy (non-hydrogen) atoms. The number of nitrogens with one attached hydrogen (secondary N) is 1. The first-order valence-electron chi connectivity index (χ1n) is 9.22. The Morgan fingerprint density at radius 2 is 2.03 bits per heavy atom. The average molecular weight is 434 g/mol. The lowest BCUT2D eigenvalue weighted by Gasteiger charge is -2.14. The maximum Gasteiger partial charge on any atom is 0.262 e. The minimum atomic E-state index is -0.564. The summed E-state index contributed by atoms with van der Waals surface area (Å²) < 4.78 is 15.4. The zero-order chi connectivity index (χ0) is 21.0. The van der Waals surface area contributed by atoms with Crippen molar-refractivity contribution < 1.29 is 9.18 Å². The number of nitrogens with zero attached hydrogens (tertiary/aromatic N) is 2. The largest absolute Gasteiger partial charge is 0.323 e. The highest BCUT2D eigenvalue weighted by atomic mass is 35.5. The van der Waals surface area contributed by atoms with Gasteiger partial charge in [0.2, 0.25) is 5.91 Å². The number of benzene rings is 2. The fourth-order valence-electron chi connectivity index (χ4n) is 2.75. The van der Waals surface area contributed by atoms with Gasteiger partial charge in [0.25, 0.3) is 5.56 Å². The highest BCUT2D eigenvalue weighted by Crippen LogP contribution is 2.22. The van der Waals surface area contributed by atoms with E-state index in [2.05, 4.69) is 24.1 Å². The Labute approximate surface area is 177 Å². The molecule has 0 aliphatic carbocycles. The molecule has 0 saturated heterocycles.